The highest BCUT2D eigenvalue weighted by Crippen LogP contribution is 2.31. The summed E-state index contributed by atoms with van der Waals surface area (Å²) in [6.45, 7) is 0.0656. The summed E-state index contributed by atoms with van der Waals surface area (Å²) in [4.78, 5) is 11.6. The van der Waals surface area contributed by atoms with E-state index in [-0.39, 0.29) is 18.5 Å². The summed E-state index contributed by atoms with van der Waals surface area (Å²) in [6, 6.07) is 12.0. The molecule has 2 nitrogen and oxygen atoms in total. The summed E-state index contributed by atoms with van der Waals surface area (Å²) >= 11 is 5.80. The number of hydrogen-bond acceptors (Lipinski definition) is 1. The molecule has 0 heterocycles. The first-order chi connectivity index (χ1) is 11.4. The number of carbonyl (C=O) groups is 1. The molecular formula is C18H13ClF3NO. The van der Waals surface area contributed by atoms with Crippen molar-refractivity contribution in [2.24, 2.45) is 0 Å². The average Bonchev–Trinajstić information content (AvgIpc) is 2.52. The van der Waals surface area contributed by atoms with Crippen LogP contribution >= 0.6 is 11.6 Å². The summed E-state index contributed by atoms with van der Waals surface area (Å²) in [5.74, 6) is 4.46. The van der Waals surface area contributed by atoms with E-state index in [4.69, 9.17) is 11.6 Å². The van der Waals surface area contributed by atoms with Gasteiger partial charge >= 0.3 is 6.18 Å². The Balaban J connectivity index is 1.93. The van der Waals surface area contributed by atoms with Crippen LogP contribution < -0.4 is 5.32 Å². The maximum atomic E-state index is 12.9. The van der Waals surface area contributed by atoms with E-state index in [1.54, 1.807) is 24.3 Å². The predicted molar refractivity (Wildman–Crippen MR) is 86.5 cm³/mol. The number of amides is 1. The molecule has 0 spiro atoms. The Morgan fingerprint density at radius 3 is 2.58 bits per heavy atom. The fourth-order valence-corrected chi connectivity index (χ4v) is 2.26. The van der Waals surface area contributed by atoms with E-state index >= 15 is 0 Å². The van der Waals surface area contributed by atoms with Crippen LogP contribution in [0.2, 0.25) is 5.02 Å². The lowest BCUT2D eigenvalue weighted by Gasteiger charge is -2.12. The van der Waals surface area contributed by atoms with Crippen LogP contribution in [0.15, 0.2) is 48.5 Å². The third-order valence-corrected chi connectivity index (χ3v) is 3.38. The van der Waals surface area contributed by atoms with Crippen molar-refractivity contribution in [3.05, 3.63) is 70.2 Å². The molecule has 2 rings (SSSR count). The van der Waals surface area contributed by atoms with E-state index in [9.17, 15) is 18.0 Å². The summed E-state index contributed by atoms with van der Waals surface area (Å²) in [7, 11) is 0. The highest BCUT2D eigenvalue weighted by Gasteiger charge is 2.32. The first kappa shape index (κ1) is 17.9. The smallest absolute Gasteiger partial charge is 0.345 e. The van der Waals surface area contributed by atoms with Gasteiger partial charge in [-0.1, -0.05) is 41.8 Å². The first-order valence-corrected chi connectivity index (χ1v) is 7.44. The Morgan fingerprint density at radius 1 is 1.12 bits per heavy atom. The van der Waals surface area contributed by atoms with Crippen LogP contribution in [0.25, 0.3) is 0 Å². The number of rotatable bonds is 3. The summed E-state index contributed by atoms with van der Waals surface area (Å²) < 4.78 is 38.6. The van der Waals surface area contributed by atoms with Crippen molar-refractivity contribution < 1.29 is 18.0 Å². The van der Waals surface area contributed by atoms with Crippen molar-refractivity contribution in [2.45, 2.75) is 12.6 Å². The van der Waals surface area contributed by atoms with E-state index in [0.29, 0.717) is 10.6 Å². The van der Waals surface area contributed by atoms with Crippen molar-refractivity contribution in [1.82, 2.24) is 5.32 Å². The maximum Gasteiger partial charge on any atom is 0.416 e. The van der Waals surface area contributed by atoms with Gasteiger partial charge in [-0.05, 0) is 36.2 Å². The Morgan fingerprint density at radius 2 is 1.88 bits per heavy atom. The lowest BCUT2D eigenvalue weighted by Crippen LogP contribution is -2.24. The van der Waals surface area contributed by atoms with Gasteiger partial charge in [-0.2, -0.15) is 13.2 Å². The standard InChI is InChI=1S/C18H13ClF3NO/c19-15-6-3-4-13(12-15)8-9-17(24)23-11-10-14-5-1-2-7-16(14)18(20,21)22/h1-7,12H,10-11H2,(H,23,24). The Labute approximate surface area is 142 Å². The predicted octanol–water partition coefficient (Wildman–Crippen LogP) is 4.07. The van der Waals surface area contributed by atoms with Crippen LogP contribution in [0.5, 0.6) is 0 Å². The van der Waals surface area contributed by atoms with Gasteiger partial charge in [-0.15, -0.1) is 0 Å². The fraction of sp³-hybridized carbons (Fsp3) is 0.167. The number of hydrogen-bond donors (Lipinski definition) is 1. The van der Waals surface area contributed by atoms with Gasteiger partial charge in [0, 0.05) is 23.1 Å². The van der Waals surface area contributed by atoms with Gasteiger partial charge in [0.2, 0.25) is 0 Å². The molecule has 24 heavy (non-hydrogen) atoms. The SMILES string of the molecule is O=C(C#Cc1cccc(Cl)c1)NCCc1ccccc1C(F)(F)F. The van der Waals surface area contributed by atoms with Gasteiger partial charge in [0.25, 0.3) is 5.91 Å². The quantitative estimate of drug-likeness (QED) is 0.830. The molecule has 2 aromatic rings. The van der Waals surface area contributed by atoms with Gasteiger partial charge in [-0.25, -0.2) is 0 Å². The van der Waals surface area contributed by atoms with Crippen molar-refractivity contribution in [1.29, 1.82) is 0 Å². The number of halogens is 4. The molecule has 1 amide bonds. The lowest BCUT2D eigenvalue weighted by molar-refractivity contribution is -0.138. The largest absolute Gasteiger partial charge is 0.416 e. The molecule has 0 unspecified atom stereocenters. The summed E-state index contributed by atoms with van der Waals surface area (Å²) in [5, 5.41) is 2.99. The summed E-state index contributed by atoms with van der Waals surface area (Å²) in [6.07, 6.45) is -4.34. The second kappa shape index (κ2) is 7.89. The van der Waals surface area contributed by atoms with Gasteiger partial charge in [0.15, 0.2) is 0 Å². The molecular weight excluding hydrogens is 339 g/mol. The molecule has 124 valence electrons. The van der Waals surface area contributed by atoms with Gasteiger partial charge < -0.3 is 5.32 Å². The van der Waals surface area contributed by atoms with Gasteiger partial charge in [-0.3, -0.25) is 4.79 Å². The molecule has 1 N–H and O–H groups in total. The molecule has 0 aliphatic heterocycles. The minimum atomic E-state index is -4.41. The summed E-state index contributed by atoms with van der Waals surface area (Å²) in [5.41, 5.74) is 0.0254. The topological polar surface area (TPSA) is 29.1 Å². The van der Waals surface area contributed by atoms with Crippen molar-refractivity contribution in [3.8, 4) is 11.8 Å². The van der Waals surface area contributed by atoms with Gasteiger partial charge in [0.05, 0.1) is 5.56 Å². The van der Waals surface area contributed by atoms with E-state index in [0.717, 1.165) is 6.07 Å². The molecule has 0 saturated heterocycles. The van der Waals surface area contributed by atoms with Crippen molar-refractivity contribution >= 4 is 17.5 Å². The third-order valence-electron chi connectivity index (χ3n) is 3.15. The second-order valence-electron chi connectivity index (χ2n) is 4.92. The fourth-order valence-electron chi connectivity index (χ4n) is 2.06. The van der Waals surface area contributed by atoms with E-state index in [1.165, 1.54) is 18.2 Å². The number of carbonyl (C=O) groups excluding carboxylic acids is 1. The molecule has 0 fully saturated rings. The van der Waals surface area contributed by atoms with E-state index in [1.807, 2.05) is 0 Å². The third kappa shape index (κ3) is 5.32. The lowest BCUT2D eigenvalue weighted by atomic mass is 10.0. The number of nitrogens with one attached hydrogen (secondary N) is 1. The average molecular weight is 352 g/mol. The van der Waals surface area contributed by atoms with Crippen molar-refractivity contribution in [3.63, 3.8) is 0 Å². The Kier molecular flexibility index (Phi) is 5.88. The Bertz CT molecular complexity index is 791. The van der Waals surface area contributed by atoms with Crippen LogP contribution in [0.1, 0.15) is 16.7 Å². The molecule has 6 heteroatoms. The first-order valence-electron chi connectivity index (χ1n) is 7.07. The molecule has 0 atom stereocenters. The molecule has 0 aliphatic rings. The molecule has 2 aromatic carbocycles. The normalized spacial score (nSPS) is 10.7. The van der Waals surface area contributed by atoms with Crippen LogP contribution in [0.3, 0.4) is 0 Å². The van der Waals surface area contributed by atoms with E-state index in [2.05, 4.69) is 17.2 Å². The zero-order valence-corrected chi connectivity index (χ0v) is 13.2. The number of benzene rings is 2. The van der Waals surface area contributed by atoms with Gasteiger partial charge in [0.1, 0.15) is 0 Å². The zero-order valence-electron chi connectivity index (χ0n) is 12.5. The highest BCUT2D eigenvalue weighted by atomic mass is 35.5. The van der Waals surface area contributed by atoms with Crippen LogP contribution in [-0.2, 0) is 17.4 Å². The minimum Gasteiger partial charge on any atom is -0.345 e. The monoisotopic (exact) mass is 351 g/mol. The van der Waals surface area contributed by atoms with Crippen molar-refractivity contribution in [2.75, 3.05) is 6.54 Å². The Hall–Kier alpha value is -2.45. The van der Waals surface area contributed by atoms with Crippen LogP contribution in [-0.4, -0.2) is 12.5 Å². The minimum absolute atomic E-state index is 0.0656. The highest BCUT2D eigenvalue weighted by molar-refractivity contribution is 6.30. The number of alkyl halides is 3. The molecule has 0 aliphatic carbocycles. The zero-order chi connectivity index (χ0) is 17.6. The molecule has 0 bridgehead atoms. The maximum absolute atomic E-state index is 12.9. The van der Waals surface area contributed by atoms with E-state index < -0.39 is 17.6 Å². The van der Waals surface area contributed by atoms with Crippen LogP contribution in [0.4, 0.5) is 13.2 Å². The molecule has 0 aromatic heterocycles. The second-order valence-corrected chi connectivity index (χ2v) is 5.36. The van der Waals surface area contributed by atoms with Crippen LogP contribution in [0, 0.1) is 11.8 Å². The molecule has 0 radical (unpaired) electrons. The molecule has 0 saturated carbocycles.